The van der Waals surface area contributed by atoms with Crippen molar-refractivity contribution in [3.63, 3.8) is 0 Å². The molecule has 0 aromatic carbocycles. The summed E-state index contributed by atoms with van der Waals surface area (Å²) in [6.07, 6.45) is 2.60. The molecular formula is C10H15NO4S3. The molecule has 8 heteroatoms. The Labute approximate surface area is 115 Å². The third-order valence-electron chi connectivity index (χ3n) is 2.27. The van der Waals surface area contributed by atoms with Crippen LogP contribution in [0.3, 0.4) is 0 Å². The second-order valence-electron chi connectivity index (χ2n) is 3.64. The van der Waals surface area contributed by atoms with E-state index >= 15 is 0 Å². The summed E-state index contributed by atoms with van der Waals surface area (Å²) in [5.74, 6) is -0.434. The van der Waals surface area contributed by atoms with Gasteiger partial charge in [0.15, 0.2) is 0 Å². The fourth-order valence-corrected chi connectivity index (χ4v) is 4.60. The Morgan fingerprint density at radius 2 is 2.28 bits per heavy atom. The van der Waals surface area contributed by atoms with E-state index in [9.17, 15) is 13.2 Å². The molecule has 0 aliphatic carbocycles. The van der Waals surface area contributed by atoms with E-state index in [-0.39, 0.29) is 15.8 Å². The van der Waals surface area contributed by atoms with Crippen molar-refractivity contribution in [3.05, 3.63) is 17.0 Å². The third-order valence-corrected chi connectivity index (χ3v) is 5.97. The number of thioether (sulfide) groups is 1. The van der Waals surface area contributed by atoms with Crippen LogP contribution in [0, 0.1) is 0 Å². The predicted octanol–water partition coefficient (Wildman–Crippen LogP) is 1.87. The standard InChI is InChI=1S/C10H15NO4S3/c1-3-8(6-16-2)11-18(14,15)9-4-7(5-17-9)10(12)13/h4-5,8,11H,3,6H2,1-2H3,(H,12,13). The van der Waals surface area contributed by atoms with Gasteiger partial charge in [0, 0.05) is 17.2 Å². The predicted molar refractivity (Wildman–Crippen MR) is 74.1 cm³/mol. The van der Waals surface area contributed by atoms with Crippen molar-refractivity contribution in [2.45, 2.75) is 23.6 Å². The average Bonchev–Trinajstić information content (AvgIpc) is 2.78. The zero-order valence-electron chi connectivity index (χ0n) is 10.0. The van der Waals surface area contributed by atoms with Crippen LogP contribution in [0.1, 0.15) is 23.7 Å². The highest BCUT2D eigenvalue weighted by Crippen LogP contribution is 2.21. The molecule has 0 amide bonds. The summed E-state index contributed by atoms with van der Waals surface area (Å²) in [7, 11) is -3.61. The lowest BCUT2D eigenvalue weighted by Crippen LogP contribution is -2.35. The average molecular weight is 309 g/mol. The number of rotatable bonds is 7. The lowest BCUT2D eigenvalue weighted by molar-refractivity contribution is 0.0697. The van der Waals surface area contributed by atoms with Gasteiger partial charge >= 0.3 is 5.97 Å². The molecule has 18 heavy (non-hydrogen) atoms. The van der Waals surface area contributed by atoms with Gasteiger partial charge in [0.25, 0.3) is 0 Å². The number of aromatic carboxylic acids is 1. The number of nitrogens with one attached hydrogen (secondary N) is 1. The zero-order chi connectivity index (χ0) is 13.8. The van der Waals surface area contributed by atoms with Crippen molar-refractivity contribution < 1.29 is 18.3 Å². The summed E-state index contributed by atoms with van der Waals surface area (Å²) in [5, 5.41) is 10.1. The van der Waals surface area contributed by atoms with Crippen LogP contribution in [-0.4, -0.2) is 37.5 Å². The van der Waals surface area contributed by atoms with Crippen LogP contribution in [0.25, 0.3) is 0 Å². The Bertz CT molecular complexity index is 509. The van der Waals surface area contributed by atoms with Crippen LogP contribution in [-0.2, 0) is 10.0 Å². The van der Waals surface area contributed by atoms with E-state index in [4.69, 9.17) is 5.11 Å². The first-order valence-electron chi connectivity index (χ1n) is 5.23. The minimum absolute atomic E-state index is 0.00158. The van der Waals surface area contributed by atoms with Crippen LogP contribution in [0.4, 0.5) is 0 Å². The maximum Gasteiger partial charge on any atom is 0.336 e. The van der Waals surface area contributed by atoms with Gasteiger partial charge in [0.05, 0.1) is 5.56 Å². The van der Waals surface area contributed by atoms with Gasteiger partial charge in [-0.15, -0.1) is 11.3 Å². The molecule has 1 heterocycles. The summed E-state index contributed by atoms with van der Waals surface area (Å²) in [5.41, 5.74) is -0.00158. The first-order chi connectivity index (χ1) is 8.40. The van der Waals surface area contributed by atoms with Crippen LogP contribution in [0.15, 0.2) is 15.7 Å². The molecule has 0 radical (unpaired) electrons. The number of carboxylic acids is 1. The molecule has 1 aromatic rings. The maximum absolute atomic E-state index is 12.0. The Balaban J connectivity index is 2.88. The third kappa shape index (κ3) is 3.98. The van der Waals surface area contributed by atoms with Crippen LogP contribution in [0.5, 0.6) is 0 Å². The van der Waals surface area contributed by atoms with E-state index < -0.39 is 16.0 Å². The summed E-state index contributed by atoms with van der Waals surface area (Å²) >= 11 is 2.48. The Kier molecular flexibility index (Phi) is 5.64. The van der Waals surface area contributed by atoms with E-state index in [1.807, 2.05) is 13.2 Å². The molecule has 102 valence electrons. The Morgan fingerprint density at radius 1 is 1.61 bits per heavy atom. The van der Waals surface area contributed by atoms with Gasteiger partial charge in [0.2, 0.25) is 10.0 Å². The van der Waals surface area contributed by atoms with Crippen LogP contribution >= 0.6 is 23.1 Å². The molecule has 0 aliphatic rings. The zero-order valence-corrected chi connectivity index (χ0v) is 12.5. The molecule has 0 bridgehead atoms. The minimum Gasteiger partial charge on any atom is -0.478 e. The highest BCUT2D eigenvalue weighted by Gasteiger charge is 2.21. The van der Waals surface area contributed by atoms with E-state index in [1.54, 1.807) is 11.8 Å². The van der Waals surface area contributed by atoms with E-state index in [0.717, 1.165) is 11.3 Å². The minimum atomic E-state index is -3.61. The van der Waals surface area contributed by atoms with Gasteiger partial charge in [-0.1, -0.05) is 6.92 Å². The van der Waals surface area contributed by atoms with Gasteiger partial charge in [-0.25, -0.2) is 17.9 Å². The Hall–Kier alpha value is -0.570. The van der Waals surface area contributed by atoms with Crippen molar-refractivity contribution in [3.8, 4) is 0 Å². The van der Waals surface area contributed by atoms with Gasteiger partial charge in [-0.3, -0.25) is 0 Å². The molecule has 2 N–H and O–H groups in total. The van der Waals surface area contributed by atoms with Crippen molar-refractivity contribution in [1.82, 2.24) is 4.72 Å². The van der Waals surface area contributed by atoms with Crippen LogP contribution in [0.2, 0.25) is 0 Å². The van der Waals surface area contributed by atoms with E-state index in [1.165, 1.54) is 11.4 Å². The number of hydrogen-bond donors (Lipinski definition) is 2. The molecule has 0 fully saturated rings. The SMILES string of the molecule is CCC(CSC)NS(=O)(=O)c1cc(C(=O)O)cs1. The van der Waals surface area contributed by atoms with Crippen molar-refractivity contribution in [1.29, 1.82) is 0 Å². The summed E-state index contributed by atoms with van der Waals surface area (Å²) in [6, 6.07) is 1.04. The number of thiophene rings is 1. The Morgan fingerprint density at radius 3 is 2.72 bits per heavy atom. The number of sulfonamides is 1. The monoisotopic (exact) mass is 309 g/mol. The van der Waals surface area contributed by atoms with Gasteiger partial charge in [-0.05, 0) is 18.7 Å². The lowest BCUT2D eigenvalue weighted by Gasteiger charge is -2.14. The number of carbonyl (C=O) groups is 1. The van der Waals surface area contributed by atoms with E-state index in [2.05, 4.69) is 4.72 Å². The van der Waals surface area contributed by atoms with Crippen molar-refractivity contribution in [2.24, 2.45) is 0 Å². The first kappa shape index (κ1) is 15.5. The molecule has 0 spiro atoms. The highest BCUT2D eigenvalue weighted by atomic mass is 32.2. The largest absolute Gasteiger partial charge is 0.478 e. The quantitative estimate of drug-likeness (QED) is 0.803. The summed E-state index contributed by atoms with van der Waals surface area (Å²) < 4.78 is 26.6. The molecule has 1 unspecified atom stereocenters. The first-order valence-corrected chi connectivity index (χ1v) is 8.99. The molecule has 0 saturated heterocycles. The number of hydrogen-bond acceptors (Lipinski definition) is 5. The fourth-order valence-electron chi connectivity index (χ4n) is 1.28. The smallest absolute Gasteiger partial charge is 0.336 e. The molecule has 0 aliphatic heterocycles. The van der Waals surface area contributed by atoms with E-state index in [0.29, 0.717) is 12.2 Å². The maximum atomic E-state index is 12.0. The summed E-state index contributed by atoms with van der Waals surface area (Å²) in [4.78, 5) is 10.7. The lowest BCUT2D eigenvalue weighted by atomic mass is 10.3. The van der Waals surface area contributed by atoms with Crippen LogP contribution < -0.4 is 4.72 Å². The second-order valence-corrected chi connectivity index (χ2v) is 7.40. The molecule has 1 rings (SSSR count). The topological polar surface area (TPSA) is 83.5 Å². The fraction of sp³-hybridized carbons (Fsp3) is 0.500. The van der Waals surface area contributed by atoms with Crippen molar-refractivity contribution in [2.75, 3.05) is 12.0 Å². The summed E-state index contributed by atoms with van der Waals surface area (Å²) in [6.45, 7) is 1.90. The van der Waals surface area contributed by atoms with Crippen molar-refractivity contribution >= 4 is 39.1 Å². The highest BCUT2D eigenvalue weighted by molar-refractivity contribution is 7.98. The van der Waals surface area contributed by atoms with Gasteiger partial charge in [-0.2, -0.15) is 11.8 Å². The molecule has 1 atom stereocenters. The second kappa shape index (κ2) is 6.55. The van der Waals surface area contributed by atoms with Gasteiger partial charge < -0.3 is 5.11 Å². The molecular weight excluding hydrogens is 294 g/mol. The molecule has 0 saturated carbocycles. The molecule has 1 aromatic heterocycles. The normalized spacial score (nSPS) is 13.4. The molecule has 5 nitrogen and oxygen atoms in total. The van der Waals surface area contributed by atoms with Gasteiger partial charge in [0.1, 0.15) is 4.21 Å². The number of carboxylic acid groups (broad SMARTS) is 1.